The van der Waals surface area contributed by atoms with Crippen molar-refractivity contribution in [3.05, 3.63) is 0 Å². The van der Waals surface area contributed by atoms with Crippen molar-refractivity contribution in [1.29, 1.82) is 0 Å². The first kappa shape index (κ1) is 12.1. The van der Waals surface area contributed by atoms with E-state index in [1.54, 1.807) is 0 Å². The van der Waals surface area contributed by atoms with Crippen LogP contribution in [0.25, 0.3) is 0 Å². The second-order valence-corrected chi connectivity index (χ2v) is 3.15. The van der Waals surface area contributed by atoms with Crippen molar-refractivity contribution in [2.24, 2.45) is 11.7 Å². The van der Waals surface area contributed by atoms with Gasteiger partial charge >= 0.3 is 0 Å². The second kappa shape index (κ2) is 6.63. The maximum absolute atomic E-state index is 12.7. The third-order valence-electron chi connectivity index (χ3n) is 2.10. The van der Waals surface area contributed by atoms with Crippen molar-refractivity contribution >= 4 is 12.4 Å². The van der Waals surface area contributed by atoms with Crippen LogP contribution in [0.5, 0.6) is 0 Å². The van der Waals surface area contributed by atoms with E-state index in [-0.39, 0.29) is 19.0 Å². The van der Waals surface area contributed by atoms with E-state index in [0.29, 0.717) is 12.3 Å². The molecule has 2 unspecified atom stereocenters. The van der Waals surface area contributed by atoms with Gasteiger partial charge < -0.3 is 10.5 Å². The summed E-state index contributed by atoms with van der Waals surface area (Å²) in [5.74, 6) is 0.405. The van der Waals surface area contributed by atoms with Crippen molar-refractivity contribution in [3.8, 4) is 0 Å². The fourth-order valence-corrected chi connectivity index (χ4v) is 1.45. The first-order valence-electron chi connectivity index (χ1n) is 4.25. The van der Waals surface area contributed by atoms with Gasteiger partial charge in [0.05, 0.1) is 0 Å². The highest BCUT2D eigenvalue weighted by atomic mass is 35.5. The summed E-state index contributed by atoms with van der Waals surface area (Å²) in [6.45, 7) is 1.72. The Labute approximate surface area is 79.1 Å². The largest absolute Gasteiger partial charge is 0.381 e. The third-order valence-corrected chi connectivity index (χ3v) is 2.10. The topological polar surface area (TPSA) is 35.2 Å². The second-order valence-electron chi connectivity index (χ2n) is 3.15. The molecule has 2 nitrogen and oxygen atoms in total. The summed E-state index contributed by atoms with van der Waals surface area (Å²) in [6.07, 6.45) is 1.92. The molecule has 4 heteroatoms. The summed E-state index contributed by atoms with van der Waals surface area (Å²) in [5, 5.41) is 0. The molecule has 1 saturated heterocycles. The Hall–Kier alpha value is 0.140. The molecule has 1 rings (SSSR count). The van der Waals surface area contributed by atoms with E-state index in [9.17, 15) is 4.39 Å². The standard InChI is InChI=1S/C8H16FNO.ClH/c9-8(5-10)4-7-2-1-3-11-6-7;/h7-8H,1-6,10H2;1H. The molecule has 1 aliphatic rings. The molecule has 74 valence electrons. The molecule has 0 bridgehead atoms. The van der Waals surface area contributed by atoms with Gasteiger partial charge in [-0.3, -0.25) is 0 Å². The predicted molar refractivity (Wildman–Crippen MR) is 49.4 cm³/mol. The van der Waals surface area contributed by atoms with Crippen LogP contribution >= 0.6 is 12.4 Å². The van der Waals surface area contributed by atoms with Crippen molar-refractivity contribution in [3.63, 3.8) is 0 Å². The lowest BCUT2D eigenvalue weighted by molar-refractivity contribution is 0.0423. The molecule has 0 spiro atoms. The number of alkyl halides is 1. The van der Waals surface area contributed by atoms with Crippen molar-refractivity contribution in [2.45, 2.75) is 25.4 Å². The van der Waals surface area contributed by atoms with Gasteiger partial charge in [-0.05, 0) is 25.2 Å². The third kappa shape index (κ3) is 4.24. The quantitative estimate of drug-likeness (QED) is 0.745. The lowest BCUT2D eigenvalue weighted by atomic mass is 9.96. The van der Waals surface area contributed by atoms with E-state index in [0.717, 1.165) is 26.1 Å². The molecular formula is C8H17ClFNO. The normalized spacial score (nSPS) is 26.0. The number of hydrogen-bond donors (Lipinski definition) is 1. The Morgan fingerprint density at radius 3 is 2.83 bits per heavy atom. The number of halogens is 2. The van der Waals surface area contributed by atoms with Gasteiger partial charge in [-0.1, -0.05) is 0 Å². The van der Waals surface area contributed by atoms with Gasteiger partial charge in [0, 0.05) is 19.8 Å². The van der Waals surface area contributed by atoms with E-state index in [4.69, 9.17) is 10.5 Å². The van der Waals surface area contributed by atoms with Crippen molar-refractivity contribution in [2.75, 3.05) is 19.8 Å². The first-order valence-corrected chi connectivity index (χ1v) is 4.25. The summed E-state index contributed by atoms with van der Waals surface area (Å²) in [7, 11) is 0. The number of ether oxygens (including phenoxy) is 1. The minimum atomic E-state index is -0.832. The van der Waals surface area contributed by atoms with Crippen LogP contribution in [-0.4, -0.2) is 25.9 Å². The monoisotopic (exact) mass is 197 g/mol. The van der Waals surface area contributed by atoms with E-state index < -0.39 is 6.17 Å². The molecule has 0 amide bonds. The van der Waals surface area contributed by atoms with Gasteiger partial charge in [0.2, 0.25) is 0 Å². The summed E-state index contributed by atoms with van der Waals surface area (Å²) >= 11 is 0. The molecule has 0 aliphatic carbocycles. The average molecular weight is 198 g/mol. The van der Waals surface area contributed by atoms with Gasteiger partial charge in [0.1, 0.15) is 6.17 Å². The molecule has 0 radical (unpaired) electrons. The van der Waals surface area contributed by atoms with Gasteiger partial charge in [-0.25, -0.2) is 4.39 Å². The van der Waals surface area contributed by atoms with Gasteiger partial charge in [0.15, 0.2) is 0 Å². The van der Waals surface area contributed by atoms with Crippen LogP contribution in [0.3, 0.4) is 0 Å². The zero-order chi connectivity index (χ0) is 8.10. The van der Waals surface area contributed by atoms with Crippen molar-refractivity contribution in [1.82, 2.24) is 0 Å². The zero-order valence-corrected chi connectivity index (χ0v) is 7.99. The van der Waals surface area contributed by atoms with Crippen LogP contribution in [0, 0.1) is 5.92 Å². The van der Waals surface area contributed by atoms with E-state index in [1.807, 2.05) is 0 Å². The number of nitrogens with two attached hydrogens (primary N) is 1. The average Bonchev–Trinajstić information content (AvgIpc) is 2.06. The lowest BCUT2D eigenvalue weighted by Crippen LogP contribution is -2.24. The van der Waals surface area contributed by atoms with E-state index in [2.05, 4.69) is 0 Å². The van der Waals surface area contributed by atoms with Gasteiger partial charge in [-0.15, -0.1) is 12.4 Å². The summed E-state index contributed by atoms with van der Waals surface area (Å²) in [6, 6.07) is 0. The highest BCUT2D eigenvalue weighted by Crippen LogP contribution is 2.19. The molecule has 0 aromatic heterocycles. The Bertz CT molecular complexity index is 109. The molecule has 12 heavy (non-hydrogen) atoms. The van der Waals surface area contributed by atoms with E-state index >= 15 is 0 Å². The lowest BCUT2D eigenvalue weighted by Gasteiger charge is -2.22. The van der Waals surface area contributed by atoms with Crippen LogP contribution in [0.2, 0.25) is 0 Å². The van der Waals surface area contributed by atoms with Crippen LogP contribution in [0.15, 0.2) is 0 Å². The maximum atomic E-state index is 12.7. The summed E-state index contributed by atoms with van der Waals surface area (Å²) < 4.78 is 18.0. The fraction of sp³-hybridized carbons (Fsp3) is 1.00. The molecule has 1 fully saturated rings. The summed E-state index contributed by atoms with van der Waals surface area (Å²) in [5.41, 5.74) is 5.17. The smallest absolute Gasteiger partial charge is 0.113 e. The first-order chi connectivity index (χ1) is 5.33. The molecule has 2 N–H and O–H groups in total. The summed E-state index contributed by atoms with van der Waals surface area (Å²) in [4.78, 5) is 0. The minimum Gasteiger partial charge on any atom is -0.381 e. The molecule has 2 atom stereocenters. The SMILES string of the molecule is Cl.NCC(F)CC1CCCOC1. The molecule has 0 aromatic carbocycles. The van der Waals surface area contributed by atoms with Crippen LogP contribution < -0.4 is 5.73 Å². The molecular weight excluding hydrogens is 181 g/mol. The Balaban J connectivity index is 0.00000121. The molecule has 0 saturated carbocycles. The molecule has 1 heterocycles. The van der Waals surface area contributed by atoms with E-state index in [1.165, 1.54) is 0 Å². The Kier molecular flexibility index (Phi) is 6.71. The predicted octanol–water partition coefficient (Wildman–Crippen LogP) is 1.52. The molecule has 1 aliphatic heterocycles. The Morgan fingerprint density at radius 2 is 2.33 bits per heavy atom. The Morgan fingerprint density at radius 1 is 1.58 bits per heavy atom. The molecule has 0 aromatic rings. The minimum absolute atomic E-state index is 0. The van der Waals surface area contributed by atoms with Crippen molar-refractivity contribution < 1.29 is 9.13 Å². The highest BCUT2D eigenvalue weighted by molar-refractivity contribution is 5.85. The number of rotatable bonds is 3. The van der Waals surface area contributed by atoms with Crippen LogP contribution in [0.4, 0.5) is 4.39 Å². The maximum Gasteiger partial charge on any atom is 0.113 e. The van der Waals surface area contributed by atoms with Crippen LogP contribution in [-0.2, 0) is 4.74 Å². The van der Waals surface area contributed by atoms with Crippen LogP contribution in [0.1, 0.15) is 19.3 Å². The fourth-order valence-electron chi connectivity index (χ4n) is 1.45. The van der Waals surface area contributed by atoms with Gasteiger partial charge in [0.25, 0.3) is 0 Å². The van der Waals surface area contributed by atoms with Gasteiger partial charge in [-0.2, -0.15) is 0 Å². The zero-order valence-electron chi connectivity index (χ0n) is 7.17. The number of hydrogen-bond acceptors (Lipinski definition) is 2. The highest BCUT2D eigenvalue weighted by Gasteiger charge is 2.17.